The van der Waals surface area contributed by atoms with Gasteiger partial charge in [0.2, 0.25) is 0 Å². The Hall–Kier alpha value is -1.80. The number of nitrogens with one attached hydrogen (secondary N) is 1. The summed E-state index contributed by atoms with van der Waals surface area (Å²) in [6.45, 7) is 6.45. The Kier molecular flexibility index (Phi) is 4.38. The standard InChI is InChI=1S/C19H21F3N2O2S/c1-18(2)16(11-5-7-24(18)8-6-11)23-17(25)15-9-12-3-4-13(10-14(12)27-15)26-19(20,21)22/h3-4,9-11,16H,5-8H2,1-2H3,(H,23,25)/t16-/m0/s1. The maximum absolute atomic E-state index is 12.8. The lowest BCUT2D eigenvalue weighted by Crippen LogP contribution is -2.69. The van der Waals surface area contributed by atoms with Crippen LogP contribution >= 0.6 is 11.3 Å². The largest absolute Gasteiger partial charge is 0.573 e. The van der Waals surface area contributed by atoms with Crippen LogP contribution in [0.5, 0.6) is 5.75 Å². The first-order valence-electron chi connectivity index (χ1n) is 8.99. The van der Waals surface area contributed by atoms with Crippen molar-refractivity contribution in [1.82, 2.24) is 10.2 Å². The first-order chi connectivity index (χ1) is 12.6. The quantitative estimate of drug-likeness (QED) is 0.833. The fraction of sp³-hybridized carbons (Fsp3) is 0.526. The minimum Gasteiger partial charge on any atom is -0.406 e. The maximum atomic E-state index is 12.8. The van der Waals surface area contributed by atoms with E-state index in [1.54, 1.807) is 12.1 Å². The van der Waals surface area contributed by atoms with Crippen molar-refractivity contribution >= 4 is 27.3 Å². The Morgan fingerprint density at radius 1 is 1.26 bits per heavy atom. The number of amides is 1. The van der Waals surface area contributed by atoms with Gasteiger partial charge < -0.3 is 10.1 Å². The van der Waals surface area contributed by atoms with Crippen LogP contribution in [0.25, 0.3) is 10.1 Å². The van der Waals surface area contributed by atoms with E-state index in [9.17, 15) is 18.0 Å². The van der Waals surface area contributed by atoms with Crippen LogP contribution in [-0.2, 0) is 0 Å². The minimum absolute atomic E-state index is 0.0711. The predicted molar refractivity (Wildman–Crippen MR) is 98.1 cm³/mol. The highest BCUT2D eigenvalue weighted by Gasteiger charge is 2.48. The van der Waals surface area contributed by atoms with Crippen LogP contribution in [0.4, 0.5) is 13.2 Å². The fourth-order valence-corrected chi connectivity index (χ4v) is 5.40. The summed E-state index contributed by atoms with van der Waals surface area (Å²) in [5.41, 5.74) is -0.0960. The zero-order valence-corrected chi connectivity index (χ0v) is 15.9. The Bertz CT molecular complexity index is 869. The molecule has 8 heteroatoms. The van der Waals surface area contributed by atoms with Crippen LogP contribution in [0.15, 0.2) is 24.3 Å². The van der Waals surface area contributed by atoms with Crippen LogP contribution in [0.1, 0.15) is 36.4 Å². The molecule has 3 saturated heterocycles. The highest BCUT2D eigenvalue weighted by Crippen LogP contribution is 2.39. The molecule has 0 spiro atoms. The smallest absolute Gasteiger partial charge is 0.406 e. The highest BCUT2D eigenvalue weighted by atomic mass is 32.1. The van der Waals surface area contributed by atoms with Crippen LogP contribution in [-0.4, -0.2) is 41.8 Å². The molecule has 27 heavy (non-hydrogen) atoms. The average molecular weight is 398 g/mol. The Morgan fingerprint density at radius 3 is 2.59 bits per heavy atom. The number of ether oxygens (including phenoxy) is 1. The maximum Gasteiger partial charge on any atom is 0.573 e. The highest BCUT2D eigenvalue weighted by molar-refractivity contribution is 7.20. The Labute approximate surface area is 159 Å². The molecule has 3 fully saturated rings. The van der Waals surface area contributed by atoms with E-state index in [0.29, 0.717) is 15.5 Å². The van der Waals surface area contributed by atoms with E-state index >= 15 is 0 Å². The third-order valence-electron chi connectivity index (χ3n) is 5.82. The van der Waals surface area contributed by atoms with Gasteiger partial charge in [-0.2, -0.15) is 0 Å². The van der Waals surface area contributed by atoms with Crippen LogP contribution < -0.4 is 10.1 Å². The summed E-state index contributed by atoms with van der Waals surface area (Å²) in [5, 5.41) is 3.92. The van der Waals surface area contributed by atoms with Gasteiger partial charge >= 0.3 is 6.36 Å². The second kappa shape index (κ2) is 6.38. The van der Waals surface area contributed by atoms with Gasteiger partial charge in [0.25, 0.3) is 5.91 Å². The van der Waals surface area contributed by atoms with Crippen molar-refractivity contribution in [3.05, 3.63) is 29.1 Å². The number of rotatable bonds is 3. The van der Waals surface area contributed by atoms with Crippen molar-refractivity contribution in [2.75, 3.05) is 13.1 Å². The normalized spacial score (nSPS) is 26.9. The minimum atomic E-state index is -4.73. The number of fused-ring (bicyclic) bond motifs is 4. The first-order valence-corrected chi connectivity index (χ1v) is 9.80. The number of carbonyl (C=O) groups is 1. The topological polar surface area (TPSA) is 41.6 Å². The number of alkyl halides is 3. The monoisotopic (exact) mass is 398 g/mol. The lowest BCUT2D eigenvalue weighted by atomic mass is 9.72. The van der Waals surface area contributed by atoms with Gasteiger partial charge in [-0.1, -0.05) is 0 Å². The van der Waals surface area contributed by atoms with E-state index in [-0.39, 0.29) is 23.2 Å². The van der Waals surface area contributed by atoms with Crippen LogP contribution in [0, 0.1) is 5.92 Å². The van der Waals surface area contributed by atoms with Gasteiger partial charge in [-0.25, -0.2) is 0 Å². The molecule has 1 N–H and O–H groups in total. The van der Waals surface area contributed by atoms with Gasteiger partial charge in [0, 0.05) is 16.3 Å². The molecule has 1 aromatic heterocycles. The first kappa shape index (κ1) is 18.6. The molecule has 1 atom stereocenters. The molecule has 2 bridgehead atoms. The fourth-order valence-electron chi connectivity index (χ4n) is 4.41. The van der Waals surface area contributed by atoms with Crippen LogP contribution in [0.2, 0.25) is 0 Å². The van der Waals surface area contributed by atoms with E-state index in [0.717, 1.165) is 31.3 Å². The van der Waals surface area contributed by atoms with Crippen molar-refractivity contribution in [2.45, 2.75) is 44.6 Å². The van der Waals surface area contributed by atoms with E-state index < -0.39 is 6.36 Å². The number of piperidine rings is 3. The summed E-state index contributed by atoms with van der Waals surface area (Å²) in [7, 11) is 0. The molecule has 0 unspecified atom stereocenters. The molecule has 5 rings (SSSR count). The van der Waals surface area contributed by atoms with E-state index in [4.69, 9.17) is 0 Å². The Morgan fingerprint density at radius 2 is 1.96 bits per heavy atom. The number of nitrogens with zero attached hydrogens (tertiary/aromatic N) is 1. The third-order valence-corrected chi connectivity index (χ3v) is 6.92. The molecule has 1 aromatic carbocycles. The van der Waals surface area contributed by atoms with Gasteiger partial charge in [0.1, 0.15) is 5.75 Å². The number of halogens is 3. The van der Waals surface area contributed by atoms with Crippen molar-refractivity contribution in [3.63, 3.8) is 0 Å². The zero-order valence-electron chi connectivity index (χ0n) is 15.1. The van der Waals surface area contributed by atoms with Gasteiger partial charge in [0.15, 0.2) is 0 Å². The van der Waals surface area contributed by atoms with Crippen molar-refractivity contribution in [1.29, 1.82) is 0 Å². The molecular weight excluding hydrogens is 377 g/mol. The van der Waals surface area contributed by atoms with Gasteiger partial charge in [-0.15, -0.1) is 24.5 Å². The molecule has 146 valence electrons. The Balaban J connectivity index is 1.54. The summed E-state index contributed by atoms with van der Waals surface area (Å²) >= 11 is 1.18. The molecule has 1 amide bonds. The molecule has 3 aliphatic heterocycles. The SMILES string of the molecule is CC1(C)[C@@H](NC(=O)c2cc3ccc(OC(F)(F)F)cc3s2)C2CCN1CC2. The average Bonchev–Trinajstić information content (AvgIpc) is 3.00. The van der Waals surface area contributed by atoms with Crippen LogP contribution in [0.3, 0.4) is 0 Å². The molecule has 0 radical (unpaired) electrons. The van der Waals surface area contributed by atoms with E-state index in [1.165, 1.54) is 23.5 Å². The number of hydrogen-bond donors (Lipinski definition) is 1. The molecule has 2 aromatic rings. The summed E-state index contributed by atoms with van der Waals surface area (Å²) in [6.07, 6.45) is -2.57. The number of hydrogen-bond acceptors (Lipinski definition) is 4. The van der Waals surface area contributed by atoms with Crippen molar-refractivity contribution in [2.24, 2.45) is 5.92 Å². The lowest BCUT2D eigenvalue weighted by Gasteiger charge is -2.56. The second-order valence-electron chi connectivity index (χ2n) is 7.79. The summed E-state index contributed by atoms with van der Waals surface area (Å²) < 4.78 is 41.7. The van der Waals surface area contributed by atoms with Crippen molar-refractivity contribution in [3.8, 4) is 5.75 Å². The zero-order chi connectivity index (χ0) is 19.4. The summed E-state index contributed by atoms with van der Waals surface area (Å²) in [5.74, 6) is 0.0266. The van der Waals surface area contributed by atoms with Gasteiger partial charge in [-0.05, 0) is 75.3 Å². The van der Waals surface area contributed by atoms with Gasteiger partial charge in [0.05, 0.1) is 4.88 Å². The number of thiophene rings is 1. The lowest BCUT2D eigenvalue weighted by molar-refractivity contribution is -0.274. The molecule has 3 aliphatic rings. The molecule has 4 heterocycles. The van der Waals surface area contributed by atoms with E-state index in [1.807, 2.05) is 0 Å². The molecule has 4 nitrogen and oxygen atoms in total. The molecular formula is C19H21F3N2O2S. The number of carbonyl (C=O) groups excluding carboxylic acids is 1. The third kappa shape index (κ3) is 3.52. The van der Waals surface area contributed by atoms with E-state index in [2.05, 4.69) is 28.8 Å². The number of benzene rings is 1. The van der Waals surface area contributed by atoms with Gasteiger partial charge in [-0.3, -0.25) is 9.69 Å². The predicted octanol–water partition coefficient (Wildman–Crippen LogP) is 4.40. The summed E-state index contributed by atoms with van der Waals surface area (Å²) in [6, 6.07) is 5.92. The molecule has 0 aliphatic carbocycles. The van der Waals surface area contributed by atoms with Crippen molar-refractivity contribution < 1.29 is 22.7 Å². The molecule has 0 saturated carbocycles. The summed E-state index contributed by atoms with van der Waals surface area (Å²) in [4.78, 5) is 15.8. The second-order valence-corrected chi connectivity index (χ2v) is 8.87.